The van der Waals surface area contributed by atoms with Gasteiger partial charge < -0.3 is 10.6 Å². The van der Waals surface area contributed by atoms with Gasteiger partial charge in [-0.05, 0) is 31.4 Å². The first-order valence-electron chi connectivity index (χ1n) is 7.38. The smallest absolute Gasteiger partial charge is 0.234 e. The second kappa shape index (κ2) is 7.95. The van der Waals surface area contributed by atoms with Crippen LogP contribution < -0.4 is 10.6 Å². The highest BCUT2D eigenvalue weighted by atomic mass is 16.1. The molecule has 0 atom stereocenters. The molecule has 1 saturated carbocycles. The molecule has 19 heavy (non-hydrogen) atoms. The molecule has 1 fully saturated rings. The first-order valence-corrected chi connectivity index (χ1v) is 7.38. The van der Waals surface area contributed by atoms with Crippen molar-refractivity contribution in [2.24, 2.45) is 0 Å². The monoisotopic (exact) mass is 260 g/mol. The normalized spacial score (nSPS) is 16.2. The summed E-state index contributed by atoms with van der Waals surface area (Å²) >= 11 is 0. The number of benzene rings is 1. The van der Waals surface area contributed by atoms with Gasteiger partial charge in [0, 0.05) is 6.04 Å². The molecule has 1 aliphatic carbocycles. The van der Waals surface area contributed by atoms with Crippen LogP contribution in [-0.4, -0.2) is 25.0 Å². The molecule has 0 heterocycles. The summed E-state index contributed by atoms with van der Waals surface area (Å²) in [6.07, 6.45) is 7.10. The second-order valence-corrected chi connectivity index (χ2v) is 5.31. The molecule has 0 spiro atoms. The molecule has 0 saturated heterocycles. The minimum absolute atomic E-state index is 0.139. The number of hydrogen-bond acceptors (Lipinski definition) is 2. The van der Waals surface area contributed by atoms with Crippen LogP contribution in [0.25, 0.3) is 0 Å². The Bertz CT molecular complexity index is 372. The predicted molar refractivity (Wildman–Crippen MR) is 78.0 cm³/mol. The maximum atomic E-state index is 11.7. The van der Waals surface area contributed by atoms with E-state index in [0.29, 0.717) is 12.6 Å². The van der Waals surface area contributed by atoms with Crippen molar-refractivity contribution in [1.82, 2.24) is 10.6 Å². The van der Waals surface area contributed by atoms with E-state index in [4.69, 9.17) is 0 Å². The van der Waals surface area contributed by atoms with E-state index in [1.54, 1.807) is 0 Å². The summed E-state index contributed by atoms with van der Waals surface area (Å²) in [4.78, 5) is 11.7. The Labute approximate surface area is 115 Å². The fourth-order valence-corrected chi connectivity index (χ4v) is 2.60. The standard InChI is InChI=1S/C16H24N2O/c19-16(18-15-9-5-2-6-10-15)13-17-12-11-14-7-3-1-4-8-14/h1,3-4,7-8,15,17H,2,5-6,9-13H2,(H,18,19). The van der Waals surface area contributed by atoms with Crippen molar-refractivity contribution in [2.45, 2.75) is 44.6 Å². The lowest BCUT2D eigenvalue weighted by atomic mass is 9.95. The maximum Gasteiger partial charge on any atom is 0.234 e. The van der Waals surface area contributed by atoms with E-state index in [9.17, 15) is 4.79 Å². The number of hydrogen-bond donors (Lipinski definition) is 2. The van der Waals surface area contributed by atoms with Crippen molar-refractivity contribution >= 4 is 5.91 Å². The molecule has 0 aromatic heterocycles. The molecule has 1 aliphatic rings. The molecule has 0 unspecified atom stereocenters. The SMILES string of the molecule is O=C(CNCCc1ccccc1)NC1CCCCC1. The fourth-order valence-electron chi connectivity index (χ4n) is 2.60. The lowest BCUT2D eigenvalue weighted by molar-refractivity contribution is -0.121. The zero-order chi connectivity index (χ0) is 13.3. The van der Waals surface area contributed by atoms with Gasteiger partial charge in [-0.2, -0.15) is 0 Å². The first kappa shape index (κ1) is 14.1. The Morgan fingerprint density at radius 1 is 1.11 bits per heavy atom. The van der Waals surface area contributed by atoms with Crippen LogP contribution in [0, 0.1) is 0 Å². The molecule has 2 N–H and O–H groups in total. The molecular weight excluding hydrogens is 236 g/mol. The third-order valence-corrected chi connectivity index (χ3v) is 3.69. The number of carbonyl (C=O) groups is 1. The van der Waals surface area contributed by atoms with Gasteiger partial charge in [-0.1, -0.05) is 49.6 Å². The quantitative estimate of drug-likeness (QED) is 0.770. The van der Waals surface area contributed by atoms with Crippen LogP contribution in [0.3, 0.4) is 0 Å². The molecular formula is C16H24N2O. The lowest BCUT2D eigenvalue weighted by Crippen LogP contribution is -2.41. The Hall–Kier alpha value is -1.35. The zero-order valence-electron chi connectivity index (χ0n) is 11.5. The van der Waals surface area contributed by atoms with Gasteiger partial charge >= 0.3 is 0 Å². The van der Waals surface area contributed by atoms with Crippen molar-refractivity contribution in [1.29, 1.82) is 0 Å². The number of carbonyl (C=O) groups excluding carboxylic acids is 1. The van der Waals surface area contributed by atoms with Gasteiger partial charge in [0.1, 0.15) is 0 Å². The van der Waals surface area contributed by atoms with Gasteiger partial charge in [0.05, 0.1) is 6.54 Å². The minimum Gasteiger partial charge on any atom is -0.352 e. The Balaban J connectivity index is 1.56. The summed E-state index contributed by atoms with van der Waals surface area (Å²) in [6, 6.07) is 10.8. The Kier molecular flexibility index (Phi) is 5.89. The number of nitrogens with one attached hydrogen (secondary N) is 2. The topological polar surface area (TPSA) is 41.1 Å². The molecule has 1 aromatic carbocycles. The largest absolute Gasteiger partial charge is 0.352 e. The number of amides is 1. The van der Waals surface area contributed by atoms with E-state index in [-0.39, 0.29) is 5.91 Å². The third kappa shape index (κ3) is 5.43. The maximum absolute atomic E-state index is 11.7. The highest BCUT2D eigenvalue weighted by Gasteiger charge is 2.14. The fraction of sp³-hybridized carbons (Fsp3) is 0.562. The summed E-state index contributed by atoms with van der Waals surface area (Å²) in [5.41, 5.74) is 1.31. The van der Waals surface area contributed by atoms with Gasteiger partial charge in [0.15, 0.2) is 0 Å². The molecule has 3 nitrogen and oxygen atoms in total. The Morgan fingerprint density at radius 2 is 1.84 bits per heavy atom. The van der Waals surface area contributed by atoms with Crippen LogP contribution in [-0.2, 0) is 11.2 Å². The molecule has 104 valence electrons. The highest BCUT2D eigenvalue weighted by Crippen LogP contribution is 2.16. The first-order chi connectivity index (χ1) is 9.34. The average Bonchev–Trinajstić information content (AvgIpc) is 2.46. The van der Waals surface area contributed by atoms with Crippen LogP contribution in [0.1, 0.15) is 37.7 Å². The molecule has 0 bridgehead atoms. The summed E-state index contributed by atoms with van der Waals surface area (Å²) in [6.45, 7) is 1.28. The van der Waals surface area contributed by atoms with Crippen molar-refractivity contribution in [3.8, 4) is 0 Å². The predicted octanol–water partition coefficient (Wildman–Crippen LogP) is 2.27. The summed E-state index contributed by atoms with van der Waals surface area (Å²) in [5, 5.41) is 6.33. The molecule has 0 radical (unpaired) electrons. The minimum atomic E-state index is 0.139. The second-order valence-electron chi connectivity index (χ2n) is 5.31. The van der Waals surface area contributed by atoms with Gasteiger partial charge in [0.25, 0.3) is 0 Å². The summed E-state index contributed by atoms with van der Waals surface area (Å²) in [5.74, 6) is 0.139. The average molecular weight is 260 g/mol. The van der Waals surface area contributed by atoms with E-state index < -0.39 is 0 Å². The van der Waals surface area contributed by atoms with Gasteiger partial charge in [-0.25, -0.2) is 0 Å². The molecule has 1 aromatic rings. The van der Waals surface area contributed by atoms with E-state index in [1.807, 2.05) is 18.2 Å². The van der Waals surface area contributed by atoms with Gasteiger partial charge in [-0.15, -0.1) is 0 Å². The van der Waals surface area contributed by atoms with E-state index in [2.05, 4.69) is 22.8 Å². The van der Waals surface area contributed by atoms with Gasteiger partial charge in [0.2, 0.25) is 5.91 Å². The van der Waals surface area contributed by atoms with Crippen LogP contribution >= 0.6 is 0 Å². The van der Waals surface area contributed by atoms with Crippen molar-refractivity contribution < 1.29 is 4.79 Å². The lowest BCUT2D eigenvalue weighted by Gasteiger charge is -2.22. The Morgan fingerprint density at radius 3 is 2.58 bits per heavy atom. The number of rotatable bonds is 6. The van der Waals surface area contributed by atoms with E-state index in [1.165, 1.54) is 24.8 Å². The zero-order valence-corrected chi connectivity index (χ0v) is 11.5. The summed E-state index contributed by atoms with van der Waals surface area (Å²) in [7, 11) is 0. The van der Waals surface area contributed by atoms with Crippen LogP contribution in [0.4, 0.5) is 0 Å². The van der Waals surface area contributed by atoms with Crippen LogP contribution in [0.2, 0.25) is 0 Å². The third-order valence-electron chi connectivity index (χ3n) is 3.69. The summed E-state index contributed by atoms with van der Waals surface area (Å²) < 4.78 is 0. The molecule has 3 heteroatoms. The van der Waals surface area contributed by atoms with Crippen LogP contribution in [0.5, 0.6) is 0 Å². The molecule has 0 aliphatic heterocycles. The van der Waals surface area contributed by atoms with E-state index >= 15 is 0 Å². The van der Waals surface area contributed by atoms with Crippen molar-refractivity contribution in [3.05, 3.63) is 35.9 Å². The van der Waals surface area contributed by atoms with E-state index in [0.717, 1.165) is 25.8 Å². The van der Waals surface area contributed by atoms with Crippen LogP contribution in [0.15, 0.2) is 30.3 Å². The molecule has 1 amide bonds. The highest BCUT2D eigenvalue weighted by molar-refractivity contribution is 5.78. The molecule has 2 rings (SSSR count). The van der Waals surface area contributed by atoms with Crippen molar-refractivity contribution in [2.75, 3.05) is 13.1 Å². The van der Waals surface area contributed by atoms with Crippen molar-refractivity contribution in [3.63, 3.8) is 0 Å². The van der Waals surface area contributed by atoms with Gasteiger partial charge in [-0.3, -0.25) is 4.79 Å².